The maximum absolute atomic E-state index is 13.9. The zero-order chi connectivity index (χ0) is 14.9. The van der Waals surface area contributed by atoms with Crippen LogP contribution in [0, 0.1) is 11.2 Å². The molecule has 0 radical (unpaired) electrons. The van der Waals surface area contributed by atoms with Crippen LogP contribution in [0.3, 0.4) is 0 Å². The van der Waals surface area contributed by atoms with Gasteiger partial charge in [-0.3, -0.25) is 9.69 Å². The molecule has 2 N–H and O–H groups in total. The molecule has 1 heterocycles. The summed E-state index contributed by atoms with van der Waals surface area (Å²) >= 11 is 0. The zero-order valence-electron chi connectivity index (χ0n) is 11.8. The Hall–Kier alpha value is -1.62. The lowest BCUT2D eigenvalue weighted by molar-refractivity contribution is -0.151. The number of nitrogens with zero attached hydrogens (tertiary/aromatic N) is 1. The number of hydrogen-bond donors (Lipinski definition) is 2. The van der Waals surface area contributed by atoms with Crippen molar-refractivity contribution >= 4 is 5.97 Å². The second kappa shape index (κ2) is 5.40. The van der Waals surface area contributed by atoms with Crippen molar-refractivity contribution in [2.45, 2.75) is 32.7 Å². The second-order valence-corrected chi connectivity index (χ2v) is 5.82. The average Bonchev–Trinajstić information content (AvgIpc) is 2.38. The summed E-state index contributed by atoms with van der Waals surface area (Å²) < 4.78 is 13.9. The van der Waals surface area contributed by atoms with Crippen molar-refractivity contribution in [1.82, 2.24) is 4.90 Å². The van der Waals surface area contributed by atoms with Crippen molar-refractivity contribution in [2.75, 3.05) is 13.1 Å². The summed E-state index contributed by atoms with van der Waals surface area (Å²) in [6.07, 6.45) is 1.43. The monoisotopic (exact) mass is 281 g/mol. The molecule has 0 aromatic heterocycles. The fourth-order valence-corrected chi connectivity index (χ4v) is 2.84. The highest BCUT2D eigenvalue weighted by atomic mass is 19.1. The molecule has 0 saturated carbocycles. The van der Waals surface area contributed by atoms with E-state index >= 15 is 0 Å². The van der Waals surface area contributed by atoms with E-state index in [0.29, 0.717) is 18.5 Å². The molecule has 1 aliphatic rings. The molecule has 0 aliphatic carbocycles. The maximum atomic E-state index is 13.9. The topological polar surface area (TPSA) is 60.8 Å². The van der Waals surface area contributed by atoms with Crippen LogP contribution in [0.4, 0.5) is 4.39 Å². The SMILES string of the molecule is CC(c1ccc(O)cc1F)N1CCCC(C)(C(=O)O)C1. The van der Waals surface area contributed by atoms with Crippen LogP contribution >= 0.6 is 0 Å². The minimum absolute atomic E-state index is 0.104. The molecule has 1 aromatic rings. The molecule has 1 fully saturated rings. The predicted molar refractivity (Wildman–Crippen MR) is 73.0 cm³/mol. The Balaban J connectivity index is 2.20. The summed E-state index contributed by atoms with van der Waals surface area (Å²) in [5.74, 6) is -1.37. The van der Waals surface area contributed by atoms with Crippen LogP contribution in [0.15, 0.2) is 18.2 Å². The van der Waals surface area contributed by atoms with E-state index in [2.05, 4.69) is 0 Å². The van der Waals surface area contributed by atoms with Gasteiger partial charge in [0.05, 0.1) is 5.41 Å². The Morgan fingerprint density at radius 2 is 2.20 bits per heavy atom. The number of phenols is 1. The van der Waals surface area contributed by atoms with E-state index in [9.17, 15) is 19.4 Å². The Labute approximate surface area is 117 Å². The van der Waals surface area contributed by atoms with Crippen molar-refractivity contribution in [2.24, 2.45) is 5.41 Å². The van der Waals surface area contributed by atoms with Crippen LogP contribution < -0.4 is 0 Å². The van der Waals surface area contributed by atoms with E-state index in [1.807, 2.05) is 11.8 Å². The third-order valence-electron chi connectivity index (χ3n) is 4.22. The molecule has 4 nitrogen and oxygen atoms in total. The molecule has 20 heavy (non-hydrogen) atoms. The van der Waals surface area contributed by atoms with Crippen molar-refractivity contribution in [3.05, 3.63) is 29.6 Å². The van der Waals surface area contributed by atoms with Gasteiger partial charge in [0, 0.05) is 24.2 Å². The number of rotatable bonds is 3. The normalized spacial score (nSPS) is 25.4. The molecular weight excluding hydrogens is 261 g/mol. The number of likely N-dealkylation sites (tertiary alicyclic amines) is 1. The van der Waals surface area contributed by atoms with Crippen molar-refractivity contribution in [3.8, 4) is 5.75 Å². The van der Waals surface area contributed by atoms with Crippen LogP contribution in [0.2, 0.25) is 0 Å². The average molecular weight is 281 g/mol. The first kappa shape index (κ1) is 14.8. The summed E-state index contributed by atoms with van der Waals surface area (Å²) in [5.41, 5.74) is -0.294. The number of aromatic hydroxyl groups is 1. The lowest BCUT2D eigenvalue weighted by atomic mass is 9.81. The van der Waals surface area contributed by atoms with Gasteiger partial charge in [-0.15, -0.1) is 0 Å². The van der Waals surface area contributed by atoms with Crippen molar-refractivity contribution in [3.63, 3.8) is 0 Å². The van der Waals surface area contributed by atoms with E-state index in [0.717, 1.165) is 19.0 Å². The summed E-state index contributed by atoms with van der Waals surface area (Å²) in [7, 11) is 0. The first-order valence-corrected chi connectivity index (χ1v) is 6.79. The van der Waals surface area contributed by atoms with E-state index in [4.69, 9.17) is 0 Å². The third-order valence-corrected chi connectivity index (χ3v) is 4.22. The minimum Gasteiger partial charge on any atom is -0.508 e. The van der Waals surface area contributed by atoms with Crippen LogP contribution in [0.5, 0.6) is 5.75 Å². The van der Waals surface area contributed by atoms with E-state index < -0.39 is 17.2 Å². The molecule has 1 aromatic carbocycles. The van der Waals surface area contributed by atoms with Gasteiger partial charge >= 0.3 is 5.97 Å². The summed E-state index contributed by atoms with van der Waals surface area (Å²) in [6, 6.07) is 3.89. The number of carboxylic acids is 1. The first-order valence-electron chi connectivity index (χ1n) is 6.79. The van der Waals surface area contributed by atoms with Crippen LogP contribution in [0.25, 0.3) is 0 Å². The van der Waals surface area contributed by atoms with Crippen molar-refractivity contribution in [1.29, 1.82) is 0 Å². The standard InChI is InChI=1S/C15H20FNO3/c1-10(12-5-4-11(18)8-13(12)16)17-7-3-6-15(2,9-17)14(19)20/h4-5,8,10,18H,3,6-7,9H2,1-2H3,(H,19,20). The highest BCUT2D eigenvalue weighted by Gasteiger charge is 2.39. The van der Waals surface area contributed by atoms with Crippen LogP contribution in [0.1, 0.15) is 38.3 Å². The van der Waals surface area contributed by atoms with Gasteiger partial charge in [-0.2, -0.15) is 0 Å². The molecule has 2 rings (SSSR count). The number of benzene rings is 1. The van der Waals surface area contributed by atoms with Crippen LogP contribution in [-0.4, -0.2) is 34.2 Å². The summed E-state index contributed by atoms with van der Waals surface area (Å²) in [4.78, 5) is 13.4. The van der Waals surface area contributed by atoms with Crippen molar-refractivity contribution < 1.29 is 19.4 Å². The van der Waals surface area contributed by atoms with Gasteiger partial charge in [0.15, 0.2) is 0 Å². The minimum atomic E-state index is -0.805. The fourth-order valence-electron chi connectivity index (χ4n) is 2.84. The second-order valence-electron chi connectivity index (χ2n) is 5.82. The number of phenolic OH excluding ortho intramolecular Hbond substituents is 1. The molecule has 1 aliphatic heterocycles. The molecule has 2 atom stereocenters. The van der Waals surface area contributed by atoms with E-state index in [-0.39, 0.29) is 11.8 Å². The summed E-state index contributed by atoms with van der Waals surface area (Å²) in [5, 5.41) is 18.6. The predicted octanol–water partition coefficient (Wildman–Crippen LogP) is 2.78. The third kappa shape index (κ3) is 2.77. The van der Waals surface area contributed by atoms with Crippen LogP contribution in [-0.2, 0) is 4.79 Å². The molecule has 5 heteroatoms. The molecule has 110 valence electrons. The van der Waals surface area contributed by atoms with Gasteiger partial charge in [-0.25, -0.2) is 4.39 Å². The largest absolute Gasteiger partial charge is 0.508 e. The fraction of sp³-hybridized carbons (Fsp3) is 0.533. The van der Waals surface area contributed by atoms with Gasteiger partial charge in [-0.1, -0.05) is 6.07 Å². The number of aliphatic carboxylic acids is 1. The molecule has 0 bridgehead atoms. The molecular formula is C15H20FNO3. The van der Waals surface area contributed by atoms with Gasteiger partial charge in [0.1, 0.15) is 11.6 Å². The lowest BCUT2D eigenvalue weighted by Crippen LogP contribution is -2.46. The Kier molecular flexibility index (Phi) is 3.99. The van der Waals surface area contributed by atoms with E-state index in [1.165, 1.54) is 6.07 Å². The number of piperidine rings is 1. The Morgan fingerprint density at radius 1 is 1.50 bits per heavy atom. The Morgan fingerprint density at radius 3 is 2.80 bits per heavy atom. The zero-order valence-corrected chi connectivity index (χ0v) is 11.8. The molecule has 2 unspecified atom stereocenters. The smallest absolute Gasteiger partial charge is 0.310 e. The quantitative estimate of drug-likeness (QED) is 0.894. The highest BCUT2D eigenvalue weighted by Crippen LogP contribution is 2.35. The molecule has 0 amide bonds. The van der Waals surface area contributed by atoms with Gasteiger partial charge < -0.3 is 10.2 Å². The molecule has 1 saturated heterocycles. The lowest BCUT2D eigenvalue weighted by Gasteiger charge is -2.40. The number of halogens is 1. The van der Waals surface area contributed by atoms with Gasteiger partial charge in [0.2, 0.25) is 0 Å². The Bertz CT molecular complexity index is 520. The van der Waals surface area contributed by atoms with Gasteiger partial charge in [-0.05, 0) is 39.3 Å². The number of carboxylic acid groups (broad SMARTS) is 1. The van der Waals surface area contributed by atoms with Gasteiger partial charge in [0.25, 0.3) is 0 Å². The van der Waals surface area contributed by atoms with E-state index in [1.54, 1.807) is 13.0 Å². The molecule has 0 spiro atoms. The first-order chi connectivity index (χ1) is 9.33. The summed E-state index contributed by atoms with van der Waals surface area (Å²) in [6.45, 7) is 4.76. The number of hydrogen-bond acceptors (Lipinski definition) is 3. The number of carbonyl (C=O) groups is 1. The maximum Gasteiger partial charge on any atom is 0.310 e. The highest BCUT2D eigenvalue weighted by molar-refractivity contribution is 5.74.